The van der Waals surface area contributed by atoms with E-state index in [4.69, 9.17) is 11.6 Å². The summed E-state index contributed by atoms with van der Waals surface area (Å²) in [5, 5.41) is 6.10. The zero-order valence-corrected chi connectivity index (χ0v) is 12.9. The van der Waals surface area contributed by atoms with Crippen LogP contribution in [-0.4, -0.2) is 9.78 Å². The molecule has 1 aromatic carbocycles. The van der Waals surface area contributed by atoms with E-state index >= 15 is 0 Å². The van der Waals surface area contributed by atoms with Gasteiger partial charge in [-0.25, -0.2) is 0 Å². The molecule has 96 valence electrons. The Morgan fingerprint density at radius 3 is 2.61 bits per heavy atom. The molecule has 0 aliphatic heterocycles. The summed E-state index contributed by atoms with van der Waals surface area (Å²) in [6.45, 7) is 5.10. The lowest BCUT2D eigenvalue weighted by Crippen LogP contribution is -2.09. The Labute approximate surface area is 121 Å². The van der Waals surface area contributed by atoms with Crippen LogP contribution < -0.4 is 0 Å². The van der Waals surface area contributed by atoms with Gasteiger partial charge in [-0.1, -0.05) is 59.6 Å². The number of hydrogen-bond acceptors (Lipinski definition) is 1. The van der Waals surface area contributed by atoms with Crippen LogP contribution in [0.2, 0.25) is 5.02 Å². The summed E-state index contributed by atoms with van der Waals surface area (Å²) < 4.78 is 2.04. The lowest BCUT2D eigenvalue weighted by atomic mass is 10.1. The number of hydrogen-bond donors (Lipinski definition) is 0. The molecule has 2 aromatic rings. The molecule has 4 heteroatoms. The van der Waals surface area contributed by atoms with E-state index in [-0.39, 0.29) is 0 Å². The van der Waals surface area contributed by atoms with Crippen LogP contribution in [0.5, 0.6) is 0 Å². The van der Waals surface area contributed by atoms with Gasteiger partial charge in [0.05, 0.1) is 12.7 Å². The van der Waals surface area contributed by atoms with E-state index in [1.54, 1.807) is 0 Å². The number of nitrogens with zero attached hydrogens (tertiary/aromatic N) is 2. The molecule has 2 nitrogen and oxygen atoms in total. The van der Waals surface area contributed by atoms with E-state index in [9.17, 15) is 0 Å². The molecule has 0 aliphatic carbocycles. The average molecular weight is 328 g/mol. The average Bonchev–Trinajstić information content (AvgIpc) is 2.75. The highest BCUT2D eigenvalue weighted by molar-refractivity contribution is 9.08. The van der Waals surface area contributed by atoms with E-state index in [0.29, 0.717) is 5.92 Å². The second kappa shape index (κ2) is 5.89. The Bertz CT molecular complexity index is 534. The van der Waals surface area contributed by atoms with Gasteiger partial charge in [-0.3, -0.25) is 4.68 Å². The van der Waals surface area contributed by atoms with Gasteiger partial charge in [0.15, 0.2) is 0 Å². The van der Waals surface area contributed by atoms with Gasteiger partial charge in [0.1, 0.15) is 0 Å². The number of aromatic nitrogens is 2. The topological polar surface area (TPSA) is 17.8 Å². The minimum atomic E-state index is 0.447. The highest BCUT2D eigenvalue weighted by atomic mass is 79.9. The van der Waals surface area contributed by atoms with Crippen LogP contribution in [0.3, 0.4) is 0 Å². The summed E-state index contributed by atoms with van der Waals surface area (Å²) in [6.07, 6.45) is 1.93. The fraction of sp³-hybridized carbons (Fsp3) is 0.357. The molecule has 0 radical (unpaired) electrons. The van der Waals surface area contributed by atoms with Gasteiger partial charge in [-0.2, -0.15) is 5.10 Å². The van der Waals surface area contributed by atoms with Crippen LogP contribution in [0.25, 0.3) is 0 Å². The Balaban J connectivity index is 2.35. The Kier molecular flexibility index (Phi) is 4.46. The monoisotopic (exact) mass is 326 g/mol. The SMILES string of the molecule is CC(C)c1c(CBr)cnn1Cc1ccccc1Cl. The van der Waals surface area contributed by atoms with Crippen molar-refractivity contribution < 1.29 is 0 Å². The van der Waals surface area contributed by atoms with E-state index in [2.05, 4.69) is 34.9 Å². The zero-order valence-electron chi connectivity index (χ0n) is 10.5. The molecule has 0 fully saturated rings. The quantitative estimate of drug-likeness (QED) is 0.750. The van der Waals surface area contributed by atoms with Crippen molar-refractivity contribution in [1.82, 2.24) is 9.78 Å². The third-order valence-corrected chi connectivity index (χ3v) is 3.90. The van der Waals surface area contributed by atoms with Crippen LogP contribution in [-0.2, 0) is 11.9 Å². The molecule has 0 atom stereocenters. The molecule has 0 aliphatic rings. The van der Waals surface area contributed by atoms with Crippen molar-refractivity contribution in [1.29, 1.82) is 0 Å². The molecule has 2 rings (SSSR count). The summed E-state index contributed by atoms with van der Waals surface area (Å²) >= 11 is 9.71. The maximum atomic E-state index is 6.20. The van der Waals surface area contributed by atoms with Gasteiger partial charge >= 0.3 is 0 Å². The van der Waals surface area contributed by atoms with E-state index in [1.807, 2.05) is 35.1 Å². The first-order valence-electron chi connectivity index (χ1n) is 5.97. The zero-order chi connectivity index (χ0) is 13.1. The van der Waals surface area contributed by atoms with E-state index in [0.717, 1.165) is 22.5 Å². The highest BCUT2D eigenvalue weighted by Gasteiger charge is 2.14. The molecule has 0 unspecified atom stereocenters. The number of rotatable bonds is 4. The van der Waals surface area contributed by atoms with Crippen molar-refractivity contribution in [3.8, 4) is 0 Å². The fourth-order valence-corrected chi connectivity index (χ4v) is 2.75. The molecular formula is C14H16BrClN2. The Hall–Kier alpha value is -0.800. The van der Waals surface area contributed by atoms with Crippen LogP contribution in [0.15, 0.2) is 30.5 Å². The van der Waals surface area contributed by atoms with Gasteiger partial charge in [0.25, 0.3) is 0 Å². The largest absolute Gasteiger partial charge is 0.265 e. The van der Waals surface area contributed by atoms with Crippen molar-refractivity contribution in [2.45, 2.75) is 31.6 Å². The lowest BCUT2D eigenvalue weighted by molar-refractivity contribution is 0.615. The van der Waals surface area contributed by atoms with Crippen molar-refractivity contribution in [3.63, 3.8) is 0 Å². The molecule has 0 bridgehead atoms. The minimum absolute atomic E-state index is 0.447. The van der Waals surface area contributed by atoms with Crippen LogP contribution in [0, 0.1) is 0 Å². The van der Waals surface area contributed by atoms with E-state index < -0.39 is 0 Å². The van der Waals surface area contributed by atoms with Gasteiger partial charge in [0.2, 0.25) is 0 Å². The summed E-state index contributed by atoms with van der Waals surface area (Å²) in [6, 6.07) is 7.91. The number of alkyl halides is 1. The summed E-state index contributed by atoms with van der Waals surface area (Å²) in [7, 11) is 0. The lowest BCUT2D eigenvalue weighted by Gasteiger charge is -2.13. The van der Waals surface area contributed by atoms with Gasteiger partial charge < -0.3 is 0 Å². The number of halogens is 2. The smallest absolute Gasteiger partial charge is 0.0677 e. The maximum absolute atomic E-state index is 6.20. The van der Waals surface area contributed by atoms with Gasteiger partial charge in [-0.05, 0) is 17.5 Å². The Morgan fingerprint density at radius 2 is 2.00 bits per heavy atom. The third-order valence-electron chi connectivity index (χ3n) is 2.93. The summed E-state index contributed by atoms with van der Waals surface area (Å²) in [5.41, 5.74) is 3.62. The predicted molar refractivity (Wildman–Crippen MR) is 79.5 cm³/mol. The third kappa shape index (κ3) is 2.78. The normalized spacial score (nSPS) is 11.2. The molecule has 0 amide bonds. The summed E-state index contributed by atoms with van der Waals surface area (Å²) in [4.78, 5) is 0. The van der Waals surface area contributed by atoms with Crippen molar-refractivity contribution in [2.75, 3.05) is 0 Å². The van der Waals surface area contributed by atoms with Gasteiger partial charge in [0, 0.05) is 21.6 Å². The second-order valence-corrected chi connectivity index (χ2v) is 5.56. The van der Waals surface area contributed by atoms with Crippen LogP contribution in [0.4, 0.5) is 0 Å². The minimum Gasteiger partial charge on any atom is -0.265 e. The van der Waals surface area contributed by atoms with Crippen LogP contribution >= 0.6 is 27.5 Å². The van der Waals surface area contributed by atoms with Crippen molar-refractivity contribution >= 4 is 27.5 Å². The first-order chi connectivity index (χ1) is 8.63. The maximum Gasteiger partial charge on any atom is 0.0677 e. The first kappa shape index (κ1) is 13.6. The van der Waals surface area contributed by atoms with Gasteiger partial charge in [-0.15, -0.1) is 0 Å². The second-order valence-electron chi connectivity index (χ2n) is 4.59. The van der Waals surface area contributed by atoms with E-state index in [1.165, 1.54) is 11.3 Å². The first-order valence-corrected chi connectivity index (χ1v) is 7.47. The molecule has 1 heterocycles. The van der Waals surface area contributed by atoms with Crippen molar-refractivity contribution in [2.24, 2.45) is 0 Å². The molecule has 0 spiro atoms. The fourth-order valence-electron chi connectivity index (χ4n) is 2.12. The molecule has 0 saturated heterocycles. The Morgan fingerprint density at radius 1 is 1.28 bits per heavy atom. The highest BCUT2D eigenvalue weighted by Crippen LogP contribution is 2.24. The molecular weight excluding hydrogens is 312 g/mol. The number of benzene rings is 1. The molecule has 18 heavy (non-hydrogen) atoms. The molecule has 1 aromatic heterocycles. The summed E-state index contributed by atoms with van der Waals surface area (Å²) in [5.74, 6) is 0.447. The van der Waals surface area contributed by atoms with Crippen LogP contribution in [0.1, 0.15) is 36.6 Å². The molecule has 0 saturated carbocycles. The standard InChI is InChI=1S/C14H16BrClN2/c1-10(2)14-12(7-15)8-17-18(14)9-11-5-3-4-6-13(11)16/h3-6,8,10H,7,9H2,1-2H3. The van der Waals surface area contributed by atoms with Crippen molar-refractivity contribution in [3.05, 3.63) is 52.3 Å². The predicted octanol–water partition coefficient (Wildman–Crippen LogP) is 4.60. The molecule has 0 N–H and O–H groups in total.